The molecule has 2 amide bonds. The van der Waals surface area contributed by atoms with Crippen molar-refractivity contribution in [2.24, 2.45) is 0 Å². The second-order valence-electron chi connectivity index (χ2n) is 5.37. The number of para-hydroxylation sites is 1. The van der Waals surface area contributed by atoms with Gasteiger partial charge < -0.3 is 20.1 Å². The van der Waals surface area contributed by atoms with Gasteiger partial charge >= 0.3 is 12.0 Å². The predicted octanol–water partition coefficient (Wildman–Crippen LogP) is 3.06. The smallest absolute Gasteiger partial charge is 0.338 e. The van der Waals surface area contributed by atoms with Crippen molar-refractivity contribution in [2.75, 3.05) is 13.2 Å². The molecule has 0 fully saturated rings. The van der Waals surface area contributed by atoms with Crippen molar-refractivity contribution in [3.63, 3.8) is 0 Å². The van der Waals surface area contributed by atoms with E-state index in [9.17, 15) is 9.59 Å². The number of allylic oxidation sites excluding steroid dienone is 1. The Labute approximate surface area is 142 Å². The average molecular weight is 332 g/mol. The summed E-state index contributed by atoms with van der Waals surface area (Å²) >= 11 is 0. The van der Waals surface area contributed by atoms with E-state index in [1.54, 1.807) is 6.92 Å². The molecular formula is C18H24N2O4. The summed E-state index contributed by atoms with van der Waals surface area (Å²) in [5, 5.41) is 5.57. The number of hydrogen-bond donors (Lipinski definition) is 2. The maximum atomic E-state index is 12.5. The molecule has 0 aliphatic carbocycles. The molecule has 2 rings (SSSR count). The zero-order valence-electron chi connectivity index (χ0n) is 14.3. The molecule has 0 unspecified atom stereocenters. The Morgan fingerprint density at radius 1 is 1.17 bits per heavy atom. The van der Waals surface area contributed by atoms with Gasteiger partial charge in [-0.2, -0.15) is 0 Å². The van der Waals surface area contributed by atoms with Gasteiger partial charge in [0.2, 0.25) is 0 Å². The molecule has 0 radical (unpaired) electrons. The van der Waals surface area contributed by atoms with Crippen molar-refractivity contribution < 1.29 is 19.1 Å². The van der Waals surface area contributed by atoms with Crippen LogP contribution in [0.25, 0.3) is 0 Å². The fourth-order valence-corrected chi connectivity index (χ4v) is 2.75. The summed E-state index contributed by atoms with van der Waals surface area (Å²) in [7, 11) is 0. The lowest BCUT2D eigenvalue weighted by molar-refractivity contribution is -0.139. The second-order valence-corrected chi connectivity index (χ2v) is 5.37. The highest BCUT2D eigenvalue weighted by molar-refractivity contribution is 5.95. The highest BCUT2D eigenvalue weighted by Gasteiger charge is 2.34. The fraction of sp³-hybridized carbons (Fsp3) is 0.444. The van der Waals surface area contributed by atoms with E-state index in [-0.39, 0.29) is 12.6 Å². The summed E-state index contributed by atoms with van der Waals surface area (Å²) in [5.74, 6) is 0.217. The fourth-order valence-electron chi connectivity index (χ4n) is 2.75. The topological polar surface area (TPSA) is 76.7 Å². The van der Waals surface area contributed by atoms with Gasteiger partial charge in [0.05, 0.1) is 24.8 Å². The lowest BCUT2D eigenvalue weighted by atomic mass is 9.93. The standard InChI is InChI=1S/C18H24N2O4/c1-4-9-13-15(17(21)24-6-3)16(20-18(22)19-13)12-10-7-8-11-14(12)23-5-2/h7-8,10-11,16H,4-6,9H2,1-3H3,(H2,19,20,22)/t16-/m1/s1. The van der Waals surface area contributed by atoms with E-state index in [1.165, 1.54) is 0 Å². The first-order chi connectivity index (χ1) is 11.6. The minimum atomic E-state index is -0.595. The van der Waals surface area contributed by atoms with Crippen LogP contribution in [-0.4, -0.2) is 25.2 Å². The molecule has 1 atom stereocenters. The number of carbonyl (C=O) groups is 2. The number of ether oxygens (including phenoxy) is 2. The van der Waals surface area contributed by atoms with Gasteiger partial charge in [0.25, 0.3) is 0 Å². The largest absolute Gasteiger partial charge is 0.494 e. The van der Waals surface area contributed by atoms with E-state index in [0.29, 0.717) is 30.0 Å². The molecule has 1 aromatic carbocycles. The van der Waals surface area contributed by atoms with Gasteiger partial charge in [0.15, 0.2) is 0 Å². The van der Waals surface area contributed by atoms with Crippen molar-refractivity contribution in [1.29, 1.82) is 0 Å². The second kappa shape index (κ2) is 8.38. The van der Waals surface area contributed by atoms with E-state index in [0.717, 1.165) is 12.0 Å². The maximum Gasteiger partial charge on any atom is 0.338 e. The molecule has 130 valence electrons. The van der Waals surface area contributed by atoms with E-state index in [4.69, 9.17) is 9.47 Å². The number of nitrogens with one attached hydrogen (secondary N) is 2. The Morgan fingerprint density at radius 3 is 2.58 bits per heavy atom. The zero-order valence-corrected chi connectivity index (χ0v) is 14.3. The van der Waals surface area contributed by atoms with Crippen LogP contribution in [0.3, 0.4) is 0 Å². The first-order valence-corrected chi connectivity index (χ1v) is 8.31. The van der Waals surface area contributed by atoms with Crippen LogP contribution in [0.5, 0.6) is 5.75 Å². The number of amides is 2. The third kappa shape index (κ3) is 3.88. The average Bonchev–Trinajstić information content (AvgIpc) is 2.55. The van der Waals surface area contributed by atoms with Crippen molar-refractivity contribution in [3.05, 3.63) is 41.1 Å². The molecule has 24 heavy (non-hydrogen) atoms. The molecule has 0 bridgehead atoms. The van der Waals surface area contributed by atoms with Crippen LogP contribution in [0.4, 0.5) is 4.79 Å². The Balaban J connectivity index is 2.53. The quantitative estimate of drug-likeness (QED) is 0.752. The van der Waals surface area contributed by atoms with Crippen LogP contribution in [-0.2, 0) is 9.53 Å². The SMILES string of the molecule is CCCC1=C(C(=O)OCC)[C@@H](c2ccccc2OCC)NC(=O)N1. The number of esters is 1. The molecule has 1 aliphatic heterocycles. The summed E-state index contributed by atoms with van der Waals surface area (Å²) < 4.78 is 10.9. The van der Waals surface area contributed by atoms with Gasteiger partial charge in [-0.05, 0) is 26.3 Å². The van der Waals surface area contributed by atoms with Gasteiger partial charge in [-0.3, -0.25) is 0 Å². The number of urea groups is 1. The van der Waals surface area contributed by atoms with Gasteiger partial charge in [0.1, 0.15) is 5.75 Å². The summed E-state index contributed by atoms with van der Waals surface area (Å²) in [5.41, 5.74) is 1.78. The molecule has 0 saturated heterocycles. The molecule has 1 aromatic rings. The van der Waals surface area contributed by atoms with Crippen molar-refractivity contribution >= 4 is 12.0 Å². The lowest BCUT2D eigenvalue weighted by Gasteiger charge is -2.30. The van der Waals surface area contributed by atoms with Crippen LogP contribution in [0.15, 0.2) is 35.5 Å². The highest BCUT2D eigenvalue weighted by atomic mass is 16.5. The summed E-state index contributed by atoms with van der Waals surface area (Å²) in [6.07, 6.45) is 1.40. The summed E-state index contributed by atoms with van der Waals surface area (Å²) in [6, 6.07) is 6.47. The monoisotopic (exact) mass is 332 g/mol. The van der Waals surface area contributed by atoms with Crippen molar-refractivity contribution in [1.82, 2.24) is 10.6 Å². The predicted molar refractivity (Wildman–Crippen MR) is 90.6 cm³/mol. The normalized spacial score (nSPS) is 17.1. The number of hydrogen-bond acceptors (Lipinski definition) is 4. The third-order valence-corrected chi connectivity index (χ3v) is 3.68. The Morgan fingerprint density at radius 2 is 1.92 bits per heavy atom. The van der Waals surface area contributed by atoms with Crippen molar-refractivity contribution in [3.8, 4) is 5.75 Å². The molecule has 0 saturated carbocycles. The van der Waals surface area contributed by atoms with E-state index in [2.05, 4.69) is 10.6 Å². The van der Waals surface area contributed by atoms with Gasteiger partial charge in [-0.15, -0.1) is 0 Å². The number of carbonyl (C=O) groups excluding carboxylic acids is 2. The lowest BCUT2D eigenvalue weighted by Crippen LogP contribution is -2.46. The van der Waals surface area contributed by atoms with Crippen LogP contribution < -0.4 is 15.4 Å². The highest BCUT2D eigenvalue weighted by Crippen LogP contribution is 2.34. The minimum Gasteiger partial charge on any atom is -0.494 e. The molecule has 6 nitrogen and oxygen atoms in total. The van der Waals surface area contributed by atoms with Gasteiger partial charge in [0, 0.05) is 11.3 Å². The Bertz CT molecular complexity index is 640. The first-order valence-electron chi connectivity index (χ1n) is 8.31. The first kappa shape index (κ1) is 17.8. The number of rotatable bonds is 7. The third-order valence-electron chi connectivity index (χ3n) is 3.68. The molecule has 2 N–H and O–H groups in total. The number of benzene rings is 1. The maximum absolute atomic E-state index is 12.5. The van der Waals surface area contributed by atoms with Crippen LogP contribution in [0.1, 0.15) is 45.2 Å². The van der Waals surface area contributed by atoms with Gasteiger partial charge in [-0.25, -0.2) is 9.59 Å². The van der Waals surface area contributed by atoms with E-state index >= 15 is 0 Å². The van der Waals surface area contributed by atoms with E-state index in [1.807, 2.05) is 38.1 Å². The Kier molecular flexibility index (Phi) is 6.23. The zero-order chi connectivity index (χ0) is 17.5. The molecular weight excluding hydrogens is 308 g/mol. The minimum absolute atomic E-state index is 0.273. The molecule has 6 heteroatoms. The van der Waals surface area contributed by atoms with Crippen molar-refractivity contribution in [2.45, 2.75) is 39.7 Å². The van der Waals surface area contributed by atoms with Crippen LogP contribution in [0, 0.1) is 0 Å². The molecule has 0 spiro atoms. The molecule has 1 heterocycles. The summed E-state index contributed by atoms with van der Waals surface area (Å²) in [6.45, 7) is 6.41. The summed E-state index contributed by atoms with van der Waals surface area (Å²) in [4.78, 5) is 24.6. The van der Waals surface area contributed by atoms with E-state index < -0.39 is 12.0 Å². The molecule has 1 aliphatic rings. The van der Waals surface area contributed by atoms with Gasteiger partial charge in [-0.1, -0.05) is 31.5 Å². The molecule has 0 aromatic heterocycles. The van der Waals surface area contributed by atoms with Crippen LogP contribution >= 0.6 is 0 Å². The van der Waals surface area contributed by atoms with Crippen LogP contribution in [0.2, 0.25) is 0 Å². The Hall–Kier alpha value is -2.50.